The standard InChI is InChI=1S/C13H19BrN2O/c1-13(2,9-16(3)4)15-12(17)10-6-5-7-11(14)8-10/h5-8H,9H2,1-4H3,(H,15,17). The quantitative estimate of drug-likeness (QED) is 0.926. The van der Waals surface area contributed by atoms with Crippen molar-refractivity contribution in [3.05, 3.63) is 34.3 Å². The third-order valence-electron chi connectivity index (χ3n) is 2.25. The summed E-state index contributed by atoms with van der Waals surface area (Å²) in [5, 5.41) is 3.03. The molecule has 17 heavy (non-hydrogen) atoms. The highest BCUT2D eigenvalue weighted by Gasteiger charge is 2.21. The molecule has 1 amide bonds. The van der Waals surface area contributed by atoms with E-state index in [9.17, 15) is 4.79 Å². The zero-order valence-corrected chi connectivity index (χ0v) is 12.3. The topological polar surface area (TPSA) is 32.3 Å². The van der Waals surface area contributed by atoms with E-state index in [1.165, 1.54) is 0 Å². The first-order valence-corrected chi connectivity index (χ1v) is 6.32. The number of hydrogen-bond donors (Lipinski definition) is 1. The smallest absolute Gasteiger partial charge is 0.251 e. The van der Waals surface area contributed by atoms with Gasteiger partial charge in [-0.05, 0) is 46.1 Å². The van der Waals surface area contributed by atoms with Gasteiger partial charge in [0.25, 0.3) is 5.91 Å². The minimum absolute atomic E-state index is 0.0434. The number of halogens is 1. The second-order valence-corrected chi connectivity index (χ2v) is 6.00. The second-order valence-electron chi connectivity index (χ2n) is 5.09. The normalized spacial score (nSPS) is 11.6. The van der Waals surface area contributed by atoms with Crippen molar-refractivity contribution in [3.8, 4) is 0 Å². The van der Waals surface area contributed by atoms with E-state index in [0.717, 1.165) is 11.0 Å². The molecule has 0 fully saturated rings. The Morgan fingerprint density at radius 2 is 2.06 bits per heavy atom. The average molecular weight is 299 g/mol. The molecule has 0 aliphatic carbocycles. The van der Waals surface area contributed by atoms with Crippen LogP contribution in [-0.4, -0.2) is 37.0 Å². The molecule has 1 N–H and O–H groups in total. The molecule has 0 saturated heterocycles. The van der Waals surface area contributed by atoms with Gasteiger partial charge < -0.3 is 10.2 Å². The molecule has 1 aromatic rings. The molecule has 94 valence electrons. The lowest BCUT2D eigenvalue weighted by atomic mass is 10.0. The van der Waals surface area contributed by atoms with Crippen LogP contribution in [0.25, 0.3) is 0 Å². The van der Waals surface area contributed by atoms with Gasteiger partial charge in [0.15, 0.2) is 0 Å². The summed E-state index contributed by atoms with van der Waals surface area (Å²) in [5.74, 6) is -0.0434. The second kappa shape index (κ2) is 5.65. The number of benzene rings is 1. The van der Waals surface area contributed by atoms with Gasteiger partial charge in [-0.1, -0.05) is 22.0 Å². The molecule has 0 atom stereocenters. The van der Waals surface area contributed by atoms with Crippen molar-refractivity contribution in [1.29, 1.82) is 0 Å². The predicted molar refractivity (Wildman–Crippen MR) is 74.2 cm³/mol. The first-order chi connectivity index (χ1) is 7.80. The Hall–Kier alpha value is -0.870. The van der Waals surface area contributed by atoms with E-state index in [2.05, 4.69) is 26.1 Å². The molecule has 0 aliphatic heterocycles. The number of nitrogens with zero attached hydrogens (tertiary/aromatic N) is 1. The summed E-state index contributed by atoms with van der Waals surface area (Å²) in [7, 11) is 3.99. The fourth-order valence-electron chi connectivity index (χ4n) is 1.84. The SMILES string of the molecule is CN(C)CC(C)(C)NC(=O)c1cccc(Br)c1. The lowest BCUT2D eigenvalue weighted by Crippen LogP contribution is -2.49. The first kappa shape index (κ1) is 14.2. The van der Waals surface area contributed by atoms with Crippen LogP contribution in [0.4, 0.5) is 0 Å². The van der Waals surface area contributed by atoms with Crippen molar-refractivity contribution in [2.45, 2.75) is 19.4 Å². The summed E-state index contributed by atoms with van der Waals surface area (Å²) in [6.07, 6.45) is 0. The first-order valence-electron chi connectivity index (χ1n) is 5.53. The molecule has 0 aromatic heterocycles. The maximum atomic E-state index is 12.0. The average Bonchev–Trinajstić information content (AvgIpc) is 2.14. The summed E-state index contributed by atoms with van der Waals surface area (Å²) >= 11 is 3.36. The highest BCUT2D eigenvalue weighted by Crippen LogP contribution is 2.13. The number of carbonyl (C=O) groups excluding carboxylic acids is 1. The van der Waals surface area contributed by atoms with Gasteiger partial charge in [-0.25, -0.2) is 0 Å². The maximum absolute atomic E-state index is 12.0. The van der Waals surface area contributed by atoms with E-state index in [-0.39, 0.29) is 11.4 Å². The summed E-state index contributed by atoms with van der Waals surface area (Å²) in [4.78, 5) is 14.1. The van der Waals surface area contributed by atoms with Crippen molar-refractivity contribution in [3.63, 3.8) is 0 Å². The molecule has 0 spiro atoms. The molecule has 1 rings (SSSR count). The molecular formula is C13H19BrN2O. The molecule has 0 bridgehead atoms. The van der Waals surface area contributed by atoms with Gasteiger partial charge in [0.2, 0.25) is 0 Å². The van der Waals surface area contributed by atoms with Gasteiger partial charge in [-0.2, -0.15) is 0 Å². The van der Waals surface area contributed by atoms with E-state index < -0.39 is 0 Å². The van der Waals surface area contributed by atoms with Gasteiger partial charge >= 0.3 is 0 Å². The van der Waals surface area contributed by atoms with Crippen LogP contribution in [0.5, 0.6) is 0 Å². The molecule has 3 nitrogen and oxygen atoms in total. The van der Waals surface area contributed by atoms with Crippen molar-refractivity contribution < 1.29 is 4.79 Å². The van der Waals surface area contributed by atoms with Crippen LogP contribution in [0.1, 0.15) is 24.2 Å². The third-order valence-corrected chi connectivity index (χ3v) is 2.74. The predicted octanol–water partition coefficient (Wildman–Crippen LogP) is 2.52. The highest BCUT2D eigenvalue weighted by atomic mass is 79.9. The maximum Gasteiger partial charge on any atom is 0.251 e. The zero-order valence-electron chi connectivity index (χ0n) is 10.7. The summed E-state index contributed by atoms with van der Waals surface area (Å²) in [6.45, 7) is 4.83. The fraction of sp³-hybridized carbons (Fsp3) is 0.462. The van der Waals surface area contributed by atoms with Crippen LogP contribution in [0.2, 0.25) is 0 Å². The Morgan fingerprint density at radius 3 is 2.59 bits per heavy atom. The number of rotatable bonds is 4. The lowest BCUT2D eigenvalue weighted by molar-refractivity contribution is 0.0899. The van der Waals surface area contributed by atoms with E-state index >= 15 is 0 Å². The number of nitrogens with one attached hydrogen (secondary N) is 1. The molecule has 0 radical (unpaired) electrons. The Morgan fingerprint density at radius 1 is 1.41 bits per heavy atom. The van der Waals surface area contributed by atoms with Gasteiger partial charge in [-0.3, -0.25) is 4.79 Å². The molecule has 4 heteroatoms. The van der Waals surface area contributed by atoms with Gasteiger partial charge in [0.1, 0.15) is 0 Å². The van der Waals surface area contributed by atoms with Crippen molar-refractivity contribution in [2.75, 3.05) is 20.6 Å². The molecule has 1 aromatic carbocycles. The largest absolute Gasteiger partial charge is 0.346 e. The fourth-order valence-corrected chi connectivity index (χ4v) is 2.24. The summed E-state index contributed by atoms with van der Waals surface area (Å²) in [5.41, 5.74) is 0.425. The van der Waals surface area contributed by atoms with Crippen LogP contribution >= 0.6 is 15.9 Å². The Kier molecular flexibility index (Phi) is 4.71. The number of hydrogen-bond acceptors (Lipinski definition) is 2. The van der Waals surface area contributed by atoms with Crippen LogP contribution in [0, 0.1) is 0 Å². The molecule has 0 heterocycles. The summed E-state index contributed by atoms with van der Waals surface area (Å²) < 4.78 is 0.913. The van der Waals surface area contributed by atoms with E-state index in [1.807, 2.05) is 52.2 Å². The number of amides is 1. The van der Waals surface area contributed by atoms with Crippen LogP contribution in [-0.2, 0) is 0 Å². The minimum Gasteiger partial charge on any atom is -0.346 e. The van der Waals surface area contributed by atoms with Crippen LogP contribution < -0.4 is 5.32 Å². The van der Waals surface area contributed by atoms with Crippen molar-refractivity contribution >= 4 is 21.8 Å². The molecule has 0 saturated carbocycles. The van der Waals surface area contributed by atoms with Gasteiger partial charge in [0.05, 0.1) is 0 Å². The zero-order chi connectivity index (χ0) is 13.1. The van der Waals surface area contributed by atoms with Gasteiger partial charge in [-0.15, -0.1) is 0 Å². The van der Waals surface area contributed by atoms with Crippen molar-refractivity contribution in [2.24, 2.45) is 0 Å². The number of carbonyl (C=O) groups is 1. The Balaban J connectivity index is 2.72. The van der Waals surface area contributed by atoms with Crippen LogP contribution in [0.3, 0.4) is 0 Å². The molecule has 0 aliphatic rings. The minimum atomic E-state index is -0.247. The Bertz CT molecular complexity index is 402. The van der Waals surface area contributed by atoms with Gasteiger partial charge in [0, 0.05) is 22.1 Å². The van der Waals surface area contributed by atoms with E-state index in [0.29, 0.717) is 5.56 Å². The lowest BCUT2D eigenvalue weighted by Gasteiger charge is -2.29. The number of likely N-dealkylation sites (N-methyl/N-ethyl adjacent to an activating group) is 1. The van der Waals surface area contributed by atoms with Crippen LogP contribution in [0.15, 0.2) is 28.7 Å². The summed E-state index contributed by atoms with van der Waals surface area (Å²) in [6, 6.07) is 7.40. The van der Waals surface area contributed by atoms with E-state index in [1.54, 1.807) is 0 Å². The molecular weight excluding hydrogens is 280 g/mol. The Labute approximate surface area is 111 Å². The monoisotopic (exact) mass is 298 g/mol. The van der Waals surface area contributed by atoms with Crippen molar-refractivity contribution in [1.82, 2.24) is 10.2 Å². The highest BCUT2D eigenvalue weighted by molar-refractivity contribution is 9.10. The molecule has 0 unspecified atom stereocenters. The third kappa shape index (κ3) is 4.88. The van der Waals surface area contributed by atoms with E-state index in [4.69, 9.17) is 0 Å².